The van der Waals surface area contributed by atoms with Crippen molar-refractivity contribution in [3.63, 3.8) is 0 Å². The molecule has 1 aromatic rings. The average molecular weight is 298 g/mol. The summed E-state index contributed by atoms with van der Waals surface area (Å²) in [4.78, 5) is 26.5. The molecule has 2 rings (SSSR count). The lowest BCUT2D eigenvalue weighted by atomic mass is 10.3. The highest BCUT2D eigenvalue weighted by Gasteiger charge is 2.24. The molecule has 0 atom stereocenters. The molecular weight excluding hydrogens is 278 g/mol. The maximum absolute atomic E-state index is 12.2. The molecule has 0 bridgehead atoms. The Morgan fingerprint density at radius 2 is 1.75 bits per heavy atom. The van der Waals surface area contributed by atoms with Gasteiger partial charge >= 0.3 is 6.03 Å². The first-order valence-corrected chi connectivity index (χ1v) is 7.29. The molecule has 2 amide bonds. The second-order valence-corrected chi connectivity index (χ2v) is 5.07. The van der Waals surface area contributed by atoms with Crippen molar-refractivity contribution in [1.82, 2.24) is 19.8 Å². The van der Waals surface area contributed by atoms with Gasteiger partial charge in [-0.3, -0.25) is 0 Å². The van der Waals surface area contributed by atoms with Crippen LogP contribution in [0.4, 0.5) is 10.7 Å². The predicted molar refractivity (Wildman–Crippen MR) is 79.1 cm³/mol. The van der Waals surface area contributed by atoms with E-state index in [9.17, 15) is 4.79 Å². The van der Waals surface area contributed by atoms with Gasteiger partial charge in [-0.1, -0.05) is 11.6 Å². The summed E-state index contributed by atoms with van der Waals surface area (Å²) in [7, 11) is 0. The van der Waals surface area contributed by atoms with E-state index in [1.165, 1.54) is 0 Å². The van der Waals surface area contributed by atoms with E-state index in [1.807, 2.05) is 23.6 Å². The van der Waals surface area contributed by atoms with E-state index in [1.54, 1.807) is 12.4 Å². The first-order chi connectivity index (χ1) is 9.65. The minimum Gasteiger partial charge on any atom is -0.337 e. The Balaban J connectivity index is 1.92. The summed E-state index contributed by atoms with van der Waals surface area (Å²) in [5.74, 6) is 0.671. The maximum Gasteiger partial charge on any atom is 0.320 e. The average Bonchev–Trinajstić information content (AvgIpc) is 2.49. The third-order valence-electron chi connectivity index (χ3n) is 3.47. The number of piperazine rings is 1. The molecule has 1 aliphatic heterocycles. The summed E-state index contributed by atoms with van der Waals surface area (Å²) in [5.41, 5.74) is 0. The normalized spacial score (nSPS) is 15.3. The van der Waals surface area contributed by atoms with Gasteiger partial charge < -0.3 is 14.7 Å². The second-order valence-electron chi connectivity index (χ2n) is 4.63. The molecule has 1 aromatic heterocycles. The molecule has 1 saturated heterocycles. The van der Waals surface area contributed by atoms with Crippen molar-refractivity contribution in [1.29, 1.82) is 0 Å². The highest BCUT2D eigenvalue weighted by Crippen LogP contribution is 2.13. The van der Waals surface area contributed by atoms with E-state index in [4.69, 9.17) is 11.6 Å². The summed E-state index contributed by atoms with van der Waals surface area (Å²) >= 11 is 5.78. The van der Waals surface area contributed by atoms with Gasteiger partial charge in [0.25, 0.3) is 0 Å². The summed E-state index contributed by atoms with van der Waals surface area (Å²) < 4.78 is 0. The van der Waals surface area contributed by atoms with E-state index in [2.05, 4.69) is 14.9 Å². The fraction of sp³-hybridized carbons (Fsp3) is 0.615. The van der Waals surface area contributed by atoms with Crippen LogP contribution in [0.15, 0.2) is 12.4 Å². The summed E-state index contributed by atoms with van der Waals surface area (Å²) in [6, 6.07) is 0.117. The molecule has 7 heteroatoms. The summed E-state index contributed by atoms with van der Waals surface area (Å²) in [6.07, 6.45) is 3.19. The topological polar surface area (TPSA) is 52.6 Å². The van der Waals surface area contributed by atoms with E-state index in [0.29, 0.717) is 24.1 Å². The number of carbonyl (C=O) groups excluding carboxylic acids is 1. The lowest BCUT2D eigenvalue weighted by Crippen LogP contribution is -2.53. The molecule has 0 saturated carbocycles. The van der Waals surface area contributed by atoms with Crippen molar-refractivity contribution in [3.8, 4) is 0 Å². The zero-order valence-electron chi connectivity index (χ0n) is 11.9. The zero-order chi connectivity index (χ0) is 14.5. The van der Waals surface area contributed by atoms with E-state index in [-0.39, 0.29) is 6.03 Å². The maximum atomic E-state index is 12.2. The van der Waals surface area contributed by atoms with Gasteiger partial charge in [-0.15, -0.1) is 0 Å². The Bertz CT molecular complexity index is 441. The van der Waals surface area contributed by atoms with Crippen LogP contribution in [0.5, 0.6) is 0 Å². The SMILES string of the molecule is CCN(CC)C(=O)N1CCN(c2ncc(Cl)cn2)CC1. The molecular formula is C13H20ClN5O. The van der Waals surface area contributed by atoms with Crippen molar-refractivity contribution in [2.45, 2.75) is 13.8 Å². The number of hydrogen-bond donors (Lipinski definition) is 0. The van der Waals surface area contributed by atoms with Crippen molar-refractivity contribution in [2.24, 2.45) is 0 Å². The number of aromatic nitrogens is 2. The van der Waals surface area contributed by atoms with Gasteiger partial charge in [-0.05, 0) is 13.8 Å². The fourth-order valence-corrected chi connectivity index (χ4v) is 2.36. The van der Waals surface area contributed by atoms with Crippen molar-refractivity contribution >= 4 is 23.6 Å². The molecule has 0 aliphatic carbocycles. The van der Waals surface area contributed by atoms with Gasteiger partial charge in [-0.2, -0.15) is 0 Å². The monoisotopic (exact) mass is 297 g/mol. The quantitative estimate of drug-likeness (QED) is 0.852. The van der Waals surface area contributed by atoms with Crippen LogP contribution in [0, 0.1) is 0 Å². The van der Waals surface area contributed by atoms with Crippen molar-refractivity contribution in [3.05, 3.63) is 17.4 Å². The number of halogens is 1. The second kappa shape index (κ2) is 6.74. The number of anilines is 1. The predicted octanol–water partition coefficient (Wildman–Crippen LogP) is 1.71. The molecule has 1 aliphatic rings. The van der Waals surface area contributed by atoms with Gasteiger partial charge in [0.2, 0.25) is 5.95 Å². The molecule has 0 unspecified atom stereocenters. The Hall–Kier alpha value is -1.56. The summed E-state index contributed by atoms with van der Waals surface area (Å²) in [5, 5.41) is 0.532. The van der Waals surface area contributed by atoms with Gasteiger partial charge in [-0.25, -0.2) is 14.8 Å². The Morgan fingerprint density at radius 3 is 2.25 bits per heavy atom. The lowest BCUT2D eigenvalue weighted by molar-refractivity contribution is 0.154. The van der Waals surface area contributed by atoms with Gasteiger partial charge in [0.1, 0.15) is 0 Å². The van der Waals surface area contributed by atoms with Crippen LogP contribution < -0.4 is 4.90 Å². The minimum absolute atomic E-state index is 0.117. The van der Waals surface area contributed by atoms with Crippen LogP contribution in [-0.2, 0) is 0 Å². The molecule has 2 heterocycles. The smallest absolute Gasteiger partial charge is 0.320 e. The van der Waals surface area contributed by atoms with Crippen LogP contribution in [0.2, 0.25) is 5.02 Å². The van der Waals surface area contributed by atoms with Crippen LogP contribution in [0.1, 0.15) is 13.8 Å². The van der Waals surface area contributed by atoms with Crippen LogP contribution in [0.25, 0.3) is 0 Å². The van der Waals surface area contributed by atoms with Gasteiger partial charge in [0.05, 0.1) is 17.4 Å². The Labute approximate surface area is 124 Å². The molecule has 110 valence electrons. The number of nitrogens with zero attached hydrogens (tertiary/aromatic N) is 5. The third kappa shape index (κ3) is 3.30. The Morgan fingerprint density at radius 1 is 1.20 bits per heavy atom. The summed E-state index contributed by atoms with van der Waals surface area (Å²) in [6.45, 7) is 8.37. The number of hydrogen-bond acceptors (Lipinski definition) is 4. The van der Waals surface area contributed by atoms with E-state index >= 15 is 0 Å². The Kier molecular flexibility index (Phi) is 5.00. The highest BCUT2D eigenvalue weighted by atomic mass is 35.5. The van der Waals surface area contributed by atoms with Crippen molar-refractivity contribution in [2.75, 3.05) is 44.2 Å². The molecule has 1 fully saturated rings. The van der Waals surface area contributed by atoms with Crippen LogP contribution in [0.3, 0.4) is 0 Å². The first-order valence-electron chi connectivity index (χ1n) is 6.92. The van der Waals surface area contributed by atoms with Gasteiger partial charge in [0.15, 0.2) is 0 Å². The zero-order valence-corrected chi connectivity index (χ0v) is 12.7. The standard InChI is InChI=1S/C13H20ClN5O/c1-3-17(4-2)13(20)19-7-5-18(6-8-19)12-15-9-11(14)10-16-12/h9-10H,3-8H2,1-2H3. The fourth-order valence-electron chi connectivity index (χ4n) is 2.26. The van der Waals surface area contributed by atoms with E-state index < -0.39 is 0 Å². The first kappa shape index (κ1) is 14.8. The minimum atomic E-state index is 0.117. The van der Waals surface area contributed by atoms with Crippen molar-refractivity contribution < 1.29 is 4.79 Å². The third-order valence-corrected chi connectivity index (χ3v) is 3.67. The number of rotatable bonds is 3. The van der Waals surface area contributed by atoms with E-state index in [0.717, 1.165) is 26.2 Å². The largest absolute Gasteiger partial charge is 0.337 e. The number of urea groups is 1. The van der Waals surface area contributed by atoms with Gasteiger partial charge in [0, 0.05) is 39.3 Å². The van der Waals surface area contributed by atoms with Crippen LogP contribution in [-0.4, -0.2) is 65.1 Å². The highest BCUT2D eigenvalue weighted by molar-refractivity contribution is 6.30. The molecule has 0 radical (unpaired) electrons. The number of carbonyl (C=O) groups is 1. The molecule has 6 nitrogen and oxygen atoms in total. The molecule has 20 heavy (non-hydrogen) atoms. The number of amides is 2. The molecule has 0 spiro atoms. The van der Waals surface area contributed by atoms with Crippen LogP contribution >= 0.6 is 11.6 Å². The lowest BCUT2D eigenvalue weighted by Gasteiger charge is -2.37. The molecule has 0 aromatic carbocycles. The molecule has 0 N–H and O–H groups in total.